The van der Waals surface area contributed by atoms with E-state index in [1.54, 1.807) is 6.20 Å². The zero-order valence-electron chi connectivity index (χ0n) is 11.6. The second-order valence-electron chi connectivity index (χ2n) is 4.35. The minimum atomic E-state index is -4.70. The maximum absolute atomic E-state index is 12.0. The number of nitrogens with zero attached hydrogens (tertiary/aromatic N) is 2. The molecule has 0 bridgehead atoms. The molecule has 0 aliphatic carbocycles. The molecule has 118 valence electrons. The lowest BCUT2D eigenvalue weighted by Crippen LogP contribution is -2.17. The molecule has 0 unspecified atom stereocenters. The summed E-state index contributed by atoms with van der Waals surface area (Å²) in [6.45, 7) is 1.35. The number of alkyl halides is 3. The molecule has 0 aliphatic heterocycles. The predicted octanol–water partition coefficient (Wildman–Crippen LogP) is 3.29. The number of halogens is 3. The highest BCUT2D eigenvalue weighted by Crippen LogP contribution is 2.22. The van der Waals surface area contributed by atoms with Gasteiger partial charge >= 0.3 is 6.36 Å². The second kappa shape index (κ2) is 7.48. The van der Waals surface area contributed by atoms with Crippen molar-refractivity contribution in [2.75, 3.05) is 23.7 Å². The van der Waals surface area contributed by atoms with Crippen molar-refractivity contribution in [3.05, 3.63) is 42.7 Å². The Hall–Kier alpha value is -2.51. The normalized spacial score (nSPS) is 11.0. The van der Waals surface area contributed by atoms with Crippen molar-refractivity contribution in [1.29, 1.82) is 0 Å². The first kappa shape index (κ1) is 15.9. The molecule has 2 rings (SSSR count). The van der Waals surface area contributed by atoms with Crippen LogP contribution in [0.5, 0.6) is 5.75 Å². The molecule has 5 nitrogen and oxygen atoms in total. The van der Waals surface area contributed by atoms with E-state index < -0.39 is 6.36 Å². The Labute approximate surface area is 125 Å². The fourth-order valence-corrected chi connectivity index (χ4v) is 1.67. The van der Waals surface area contributed by atoms with Gasteiger partial charge in [-0.25, -0.2) is 9.97 Å². The summed E-state index contributed by atoms with van der Waals surface area (Å²) in [6.07, 6.45) is -1.16. The molecule has 0 atom stereocenters. The Morgan fingerprint density at radius 1 is 0.955 bits per heavy atom. The Morgan fingerprint density at radius 3 is 2.23 bits per heavy atom. The molecule has 0 saturated carbocycles. The Bertz CT molecular complexity index is 561. The average molecular weight is 312 g/mol. The number of hydrogen-bond donors (Lipinski definition) is 2. The van der Waals surface area contributed by atoms with E-state index in [4.69, 9.17) is 0 Å². The average Bonchev–Trinajstić information content (AvgIpc) is 2.48. The van der Waals surface area contributed by atoms with Crippen molar-refractivity contribution < 1.29 is 17.9 Å². The smallest absolute Gasteiger partial charge is 0.404 e. The highest BCUT2D eigenvalue weighted by Gasteiger charge is 2.31. The van der Waals surface area contributed by atoms with Gasteiger partial charge in [0.1, 0.15) is 17.4 Å². The molecule has 2 heterocycles. The van der Waals surface area contributed by atoms with Crippen LogP contribution in [0.4, 0.5) is 24.8 Å². The molecule has 2 aromatic rings. The van der Waals surface area contributed by atoms with Gasteiger partial charge in [-0.05, 0) is 30.7 Å². The Kier molecular flexibility index (Phi) is 5.40. The fourth-order valence-electron chi connectivity index (χ4n) is 1.67. The molecule has 0 spiro atoms. The van der Waals surface area contributed by atoms with E-state index in [1.165, 1.54) is 12.1 Å². The summed E-state index contributed by atoms with van der Waals surface area (Å²) in [6, 6.07) is 8.25. The minimum absolute atomic E-state index is 0.338. The van der Waals surface area contributed by atoms with Crippen LogP contribution in [0, 0.1) is 0 Å². The van der Waals surface area contributed by atoms with Crippen LogP contribution in [0.2, 0.25) is 0 Å². The SMILES string of the molecule is FC(F)(F)Oc1ccc(NCCCNc2ccccn2)nc1. The van der Waals surface area contributed by atoms with Crippen molar-refractivity contribution >= 4 is 11.6 Å². The highest BCUT2D eigenvalue weighted by atomic mass is 19.4. The van der Waals surface area contributed by atoms with Gasteiger partial charge in [0.25, 0.3) is 0 Å². The summed E-state index contributed by atoms with van der Waals surface area (Å²) in [5.41, 5.74) is 0. The zero-order chi connectivity index (χ0) is 15.8. The molecule has 0 radical (unpaired) electrons. The first-order valence-corrected chi connectivity index (χ1v) is 6.63. The molecule has 8 heteroatoms. The highest BCUT2D eigenvalue weighted by molar-refractivity contribution is 5.37. The van der Waals surface area contributed by atoms with Crippen molar-refractivity contribution in [3.8, 4) is 5.75 Å². The molecular weight excluding hydrogens is 297 g/mol. The zero-order valence-corrected chi connectivity index (χ0v) is 11.6. The molecule has 0 fully saturated rings. The van der Waals surface area contributed by atoms with Crippen LogP contribution in [-0.2, 0) is 0 Å². The van der Waals surface area contributed by atoms with Gasteiger partial charge < -0.3 is 15.4 Å². The van der Waals surface area contributed by atoms with Gasteiger partial charge in [-0.3, -0.25) is 0 Å². The van der Waals surface area contributed by atoms with Crippen LogP contribution in [0.15, 0.2) is 42.7 Å². The van der Waals surface area contributed by atoms with Crippen LogP contribution < -0.4 is 15.4 Å². The summed E-state index contributed by atoms with van der Waals surface area (Å²) in [5.74, 6) is 0.955. The Balaban J connectivity index is 1.67. The lowest BCUT2D eigenvalue weighted by Gasteiger charge is -2.10. The maximum Gasteiger partial charge on any atom is 0.573 e. The van der Waals surface area contributed by atoms with Crippen molar-refractivity contribution in [1.82, 2.24) is 9.97 Å². The number of hydrogen-bond acceptors (Lipinski definition) is 5. The standard InChI is InChI=1S/C14H15F3N4O/c15-14(16,17)22-11-5-6-13(21-10-11)20-9-3-8-19-12-4-1-2-7-18-12/h1-2,4-7,10H,3,8-9H2,(H,18,19)(H,20,21). The van der Waals surface area contributed by atoms with E-state index in [-0.39, 0.29) is 5.75 Å². The number of rotatable bonds is 7. The minimum Gasteiger partial charge on any atom is -0.404 e. The third-order valence-corrected chi connectivity index (χ3v) is 2.60. The van der Waals surface area contributed by atoms with Crippen molar-refractivity contribution in [2.45, 2.75) is 12.8 Å². The van der Waals surface area contributed by atoms with Crippen LogP contribution in [0.3, 0.4) is 0 Å². The van der Waals surface area contributed by atoms with E-state index >= 15 is 0 Å². The molecule has 0 aliphatic rings. The van der Waals surface area contributed by atoms with Gasteiger partial charge in [-0.1, -0.05) is 6.07 Å². The van der Waals surface area contributed by atoms with Gasteiger partial charge in [-0.2, -0.15) is 0 Å². The van der Waals surface area contributed by atoms with Crippen molar-refractivity contribution in [2.24, 2.45) is 0 Å². The largest absolute Gasteiger partial charge is 0.573 e. The van der Waals surface area contributed by atoms with E-state index in [0.717, 1.165) is 25.0 Å². The molecule has 0 saturated heterocycles. The van der Waals surface area contributed by atoms with Crippen LogP contribution in [0.1, 0.15) is 6.42 Å². The van der Waals surface area contributed by atoms with Gasteiger partial charge in [0.15, 0.2) is 0 Å². The molecule has 0 aromatic carbocycles. The van der Waals surface area contributed by atoms with Gasteiger partial charge in [-0.15, -0.1) is 13.2 Å². The molecule has 22 heavy (non-hydrogen) atoms. The summed E-state index contributed by atoms with van der Waals surface area (Å²) in [4.78, 5) is 7.97. The van der Waals surface area contributed by atoms with Crippen LogP contribution in [0.25, 0.3) is 0 Å². The first-order chi connectivity index (χ1) is 10.5. The number of ether oxygens (including phenoxy) is 1. The predicted molar refractivity (Wildman–Crippen MR) is 76.8 cm³/mol. The number of nitrogens with one attached hydrogen (secondary N) is 2. The van der Waals surface area contributed by atoms with E-state index in [2.05, 4.69) is 25.3 Å². The molecular formula is C14H15F3N4O. The molecule has 0 amide bonds. The summed E-state index contributed by atoms with van der Waals surface area (Å²) < 4.78 is 39.7. The summed E-state index contributed by atoms with van der Waals surface area (Å²) in [7, 11) is 0. The summed E-state index contributed by atoms with van der Waals surface area (Å²) in [5, 5.41) is 6.16. The Morgan fingerprint density at radius 2 is 1.68 bits per heavy atom. The number of anilines is 2. The van der Waals surface area contributed by atoms with E-state index in [0.29, 0.717) is 12.4 Å². The monoisotopic (exact) mass is 312 g/mol. The van der Waals surface area contributed by atoms with Gasteiger partial charge in [0, 0.05) is 19.3 Å². The number of pyridine rings is 2. The maximum atomic E-state index is 12.0. The molecule has 2 aromatic heterocycles. The van der Waals surface area contributed by atoms with E-state index in [1.807, 2.05) is 18.2 Å². The van der Waals surface area contributed by atoms with E-state index in [9.17, 15) is 13.2 Å². The second-order valence-corrected chi connectivity index (χ2v) is 4.35. The fraction of sp³-hybridized carbons (Fsp3) is 0.286. The van der Waals surface area contributed by atoms with Crippen LogP contribution in [-0.4, -0.2) is 29.4 Å². The van der Waals surface area contributed by atoms with Gasteiger partial charge in [0.05, 0.1) is 6.20 Å². The first-order valence-electron chi connectivity index (χ1n) is 6.63. The van der Waals surface area contributed by atoms with Gasteiger partial charge in [0.2, 0.25) is 0 Å². The number of aromatic nitrogens is 2. The quantitative estimate of drug-likeness (QED) is 0.768. The summed E-state index contributed by atoms with van der Waals surface area (Å²) >= 11 is 0. The van der Waals surface area contributed by atoms with Crippen molar-refractivity contribution in [3.63, 3.8) is 0 Å². The molecule has 2 N–H and O–H groups in total. The third kappa shape index (κ3) is 5.86. The van der Waals surface area contributed by atoms with Crippen LogP contribution >= 0.6 is 0 Å². The lowest BCUT2D eigenvalue weighted by molar-refractivity contribution is -0.274. The topological polar surface area (TPSA) is 59.1 Å². The lowest BCUT2D eigenvalue weighted by atomic mass is 10.4. The third-order valence-electron chi connectivity index (χ3n) is 2.60.